The van der Waals surface area contributed by atoms with E-state index in [4.69, 9.17) is 0 Å². The van der Waals surface area contributed by atoms with E-state index in [2.05, 4.69) is 24.5 Å². The summed E-state index contributed by atoms with van der Waals surface area (Å²) < 4.78 is 0. The Balaban J connectivity index is 2.06. The highest BCUT2D eigenvalue weighted by atomic mass is 16.1. The second-order valence-electron chi connectivity index (χ2n) is 6.32. The molecule has 3 heteroatoms. The molecular weight excluding hydrogens is 260 g/mol. The molecule has 1 fully saturated rings. The Labute approximate surface area is 128 Å². The van der Waals surface area contributed by atoms with Gasteiger partial charge in [0.25, 0.3) is 5.91 Å². The number of amides is 1. The van der Waals surface area contributed by atoms with Gasteiger partial charge in [-0.25, -0.2) is 0 Å². The van der Waals surface area contributed by atoms with E-state index in [9.17, 15) is 4.79 Å². The summed E-state index contributed by atoms with van der Waals surface area (Å²) in [4.78, 5) is 12.5. The minimum Gasteiger partial charge on any atom is -0.385 e. The van der Waals surface area contributed by atoms with Crippen molar-refractivity contribution in [3.8, 4) is 0 Å². The smallest absolute Gasteiger partial charge is 0.253 e. The fourth-order valence-corrected chi connectivity index (χ4v) is 3.34. The molecule has 1 aliphatic rings. The number of rotatable bonds is 6. The topological polar surface area (TPSA) is 41.1 Å². The predicted octanol–water partition coefficient (Wildman–Crippen LogP) is 4.13. The Hall–Kier alpha value is -1.51. The molecule has 1 aromatic carbocycles. The van der Waals surface area contributed by atoms with Crippen LogP contribution in [0.1, 0.15) is 61.9 Å². The fraction of sp³-hybridized carbons (Fsp3) is 0.611. The summed E-state index contributed by atoms with van der Waals surface area (Å²) in [5.41, 5.74) is 3.20. The normalized spacial score (nSPS) is 16.7. The molecule has 2 N–H and O–H groups in total. The zero-order valence-corrected chi connectivity index (χ0v) is 13.6. The molecule has 116 valence electrons. The lowest BCUT2D eigenvalue weighted by atomic mass is 9.83. The highest BCUT2D eigenvalue weighted by molar-refractivity contribution is 5.99. The molecule has 0 heterocycles. The second-order valence-corrected chi connectivity index (χ2v) is 6.32. The van der Waals surface area contributed by atoms with Gasteiger partial charge in [-0.05, 0) is 56.2 Å². The molecule has 0 saturated heterocycles. The summed E-state index contributed by atoms with van der Waals surface area (Å²) in [7, 11) is 0. The molecule has 0 spiro atoms. The molecule has 2 rings (SSSR count). The van der Waals surface area contributed by atoms with Crippen LogP contribution in [0.25, 0.3) is 0 Å². The van der Waals surface area contributed by atoms with Crippen LogP contribution in [0.4, 0.5) is 5.69 Å². The summed E-state index contributed by atoms with van der Waals surface area (Å²) in [6, 6.07) is 5.97. The fourth-order valence-electron chi connectivity index (χ4n) is 3.34. The van der Waals surface area contributed by atoms with E-state index in [1.165, 1.54) is 31.2 Å². The molecular formula is C18H28N2O. The summed E-state index contributed by atoms with van der Waals surface area (Å²) in [6.45, 7) is 7.97. The largest absolute Gasteiger partial charge is 0.385 e. The van der Waals surface area contributed by atoms with Gasteiger partial charge >= 0.3 is 0 Å². The SMILES string of the molecule is CCNc1cc(C)ccc1C(=O)NCC1(CC)CCCC1. The minimum atomic E-state index is 0.0469. The number of hydrogen-bond donors (Lipinski definition) is 2. The third kappa shape index (κ3) is 3.78. The average molecular weight is 288 g/mol. The number of nitrogens with one attached hydrogen (secondary N) is 2. The van der Waals surface area contributed by atoms with Gasteiger partial charge in [0.15, 0.2) is 0 Å². The maximum atomic E-state index is 12.5. The number of anilines is 1. The van der Waals surface area contributed by atoms with E-state index >= 15 is 0 Å². The molecule has 1 aromatic rings. The van der Waals surface area contributed by atoms with Crippen LogP contribution >= 0.6 is 0 Å². The molecule has 0 aliphatic heterocycles. The van der Waals surface area contributed by atoms with Crippen LogP contribution in [-0.4, -0.2) is 19.0 Å². The van der Waals surface area contributed by atoms with Crippen molar-refractivity contribution in [3.05, 3.63) is 29.3 Å². The van der Waals surface area contributed by atoms with Crippen molar-refractivity contribution in [1.82, 2.24) is 5.32 Å². The van der Waals surface area contributed by atoms with Gasteiger partial charge in [-0.2, -0.15) is 0 Å². The predicted molar refractivity (Wildman–Crippen MR) is 88.9 cm³/mol. The molecule has 0 atom stereocenters. The molecule has 0 aromatic heterocycles. The summed E-state index contributed by atoms with van der Waals surface area (Å²) in [5, 5.41) is 6.46. The average Bonchev–Trinajstić information content (AvgIpc) is 2.95. The summed E-state index contributed by atoms with van der Waals surface area (Å²) >= 11 is 0. The lowest BCUT2D eigenvalue weighted by Gasteiger charge is -2.27. The molecule has 0 radical (unpaired) electrons. The van der Waals surface area contributed by atoms with Crippen LogP contribution < -0.4 is 10.6 Å². The van der Waals surface area contributed by atoms with Crippen LogP contribution in [-0.2, 0) is 0 Å². The zero-order chi connectivity index (χ0) is 15.3. The van der Waals surface area contributed by atoms with Crippen LogP contribution in [0.5, 0.6) is 0 Å². The molecule has 1 saturated carbocycles. The first kappa shape index (κ1) is 15.9. The Kier molecular flexibility index (Phi) is 5.27. The first-order valence-electron chi connectivity index (χ1n) is 8.23. The zero-order valence-electron chi connectivity index (χ0n) is 13.6. The Morgan fingerprint density at radius 3 is 2.57 bits per heavy atom. The number of carbonyl (C=O) groups is 1. The lowest BCUT2D eigenvalue weighted by molar-refractivity contribution is 0.0929. The van der Waals surface area contributed by atoms with Gasteiger partial charge in [-0.15, -0.1) is 0 Å². The molecule has 0 bridgehead atoms. The highest BCUT2D eigenvalue weighted by Gasteiger charge is 2.32. The van der Waals surface area contributed by atoms with E-state index in [0.29, 0.717) is 5.41 Å². The third-order valence-electron chi connectivity index (χ3n) is 4.83. The van der Waals surface area contributed by atoms with Crippen molar-refractivity contribution < 1.29 is 4.79 Å². The standard InChI is InChI=1S/C18H28N2O/c1-4-18(10-6-7-11-18)13-20-17(21)15-9-8-14(3)12-16(15)19-5-2/h8-9,12,19H,4-7,10-11,13H2,1-3H3,(H,20,21). The van der Waals surface area contributed by atoms with E-state index in [1.807, 2.05) is 25.1 Å². The Bertz CT molecular complexity index is 490. The minimum absolute atomic E-state index is 0.0469. The lowest BCUT2D eigenvalue weighted by Crippen LogP contribution is -2.35. The number of carbonyl (C=O) groups excluding carboxylic acids is 1. The van der Waals surface area contributed by atoms with Crippen molar-refractivity contribution in [2.75, 3.05) is 18.4 Å². The molecule has 3 nitrogen and oxygen atoms in total. The summed E-state index contributed by atoms with van der Waals surface area (Å²) in [6.07, 6.45) is 6.25. The van der Waals surface area contributed by atoms with Crippen molar-refractivity contribution in [1.29, 1.82) is 0 Å². The van der Waals surface area contributed by atoms with E-state index in [-0.39, 0.29) is 5.91 Å². The van der Waals surface area contributed by atoms with Gasteiger partial charge in [0.1, 0.15) is 0 Å². The number of benzene rings is 1. The monoisotopic (exact) mass is 288 g/mol. The van der Waals surface area contributed by atoms with Crippen molar-refractivity contribution >= 4 is 11.6 Å². The molecule has 21 heavy (non-hydrogen) atoms. The van der Waals surface area contributed by atoms with Crippen molar-refractivity contribution in [2.45, 2.75) is 52.9 Å². The van der Waals surface area contributed by atoms with Crippen LogP contribution in [0.15, 0.2) is 18.2 Å². The van der Waals surface area contributed by atoms with Crippen molar-refractivity contribution in [2.24, 2.45) is 5.41 Å². The van der Waals surface area contributed by atoms with E-state index < -0.39 is 0 Å². The van der Waals surface area contributed by atoms with Gasteiger partial charge in [0, 0.05) is 18.8 Å². The van der Waals surface area contributed by atoms with Gasteiger partial charge in [-0.3, -0.25) is 4.79 Å². The van der Waals surface area contributed by atoms with Crippen molar-refractivity contribution in [3.63, 3.8) is 0 Å². The quantitative estimate of drug-likeness (QED) is 0.826. The van der Waals surface area contributed by atoms with Gasteiger partial charge in [-0.1, -0.05) is 25.8 Å². The maximum absolute atomic E-state index is 12.5. The van der Waals surface area contributed by atoms with Gasteiger partial charge in [0.05, 0.1) is 5.56 Å². The molecule has 1 aliphatic carbocycles. The first-order chi connectivity index (χ1) is 10.1. The van der Waals surface area contributed by atoms with Crippen LogP contribution in [0.2, 0.25) is 0 Å². The van der Waals surface area contributed by atoms with Crippen LogP contribution in [0.3, 0.4) is 0 Å². The summed E-state index contributed by atoms with van der Waals surface area (Å²) in [5.74, 6) is 0.0469. The first-order valence-corrected chi connectivity index (χ1v) is 8.23. The maximum Gasteiger partial charge on any atom is 0.253 e. The third-order valence-corrected chi connectivity index (χ3v) is 4.83. The van der Waals surface area contributed by atoms with E-state index in [0.717, 1.165) is 30.8 Å². The molecule has 0 unspecified atom stereocenters. The highest BCUT2D eigenvalue weighted by Crippen LogP contribution is 2.40. The van der Waals surface area contributed by atoms with Gasteiger partial charge in [0.2, 0.25) is 0 Å². The Morgan fingerprint density at radius 2 is 1.95 bits per heavy atom. The van der Waals surface area contributed by atoms with Crippen LogP contribution in [0, 0.1) is 12.3 Å². The van der Waals surface area contributed by atoms with Gasteiger partial charge < -0.3 is 10.6 Å². The number of aryl methyl sites for hydroxylation is 1. The number of hydrogen-bond acceptors (Lipinski definition) is 2. The Morgan fingerprint density at radius 1 is 1.24 bits per heavy atom. The second kappa shape index (κ2) is 6.97. The van der Waals surface area contributed by atoms with E-state index in [1.54, 1.807) is 0 Å². The molecule has 1 amide bonds.